The molecule has 0 spiro atoms. The van der Waals surface area contributed by atoms with Gasteiger partial charge in [0.1, 0.15) is 5.75 Å². The third-order valence-electron chi connectivity index (χ3n) is 2.18. The summed E-state index contributed by atoms with van der Waals surface area (Å²) in [6, 6.07) is 5.74. The van der Waals surface area contributed by atoms with Gasteiger partial charge < -0.3 is 9.47 Å². The number of methoxy groups -OCH3 is 1. The second-order valence-electron chi connectivity index (χ2n) is 3.08. The Hall–Kier alpha value is -1.55. The van der Waals surface area contributed by atoms with E-state index in [2.05, 4.69) is 4.74 Å². The van der Waals surface area contributed by atoms with E-state index in [9.17, 15) is 4.79 Å². The molecule has 0 aliphatic heterocycles. The smallest absolute Gasteiger partial charge is 0.437 e. The lowest BCUT2D eigenvalue weighted by Gasteiger charge is -2.06. The maximum atomic E-state index is 11.0. The Morgan fingerprint density at radius 1 is 1.33 bits per heavy atom. The average Bonchev–Trinajstić information content (AvgIpc) is 2.70. The standard InChI is InChI=1S/C11H10O3S/c1-7-9(14-11(12)13-2)4-3-8-5-6-15-10(7)8/h3-6H,1-2H3. The first kappa shape index (κ1) is 9.98. The lowest BCUT2D eigenvalue weighted by atomic mass is 10.2. The second-order valence-corrected chi connectivity index (χ2v) is 4.00. The van der Waals surface area contributed by atoms with Crippen LogP contribution in [-0.4, -0.2) is 13.3 Å². The lowest BCUT2D eigenvalue weighted by molar-refractivity contribution is 0.121. The molecule has 2 rings (SSSR count). The third-order valence-corrected chi connectivity index (χ3v) is 3.23. The summed E-state index contributed by atoms with van der Waals surface area (Å²) in [5.41, 5.74) is 0.966. The van der Waals surface area contributed by atoms with Crippen LogP contribution < -0.4 is 4.74 Å². The molecular weight excluding hydrogens is 212 g/mol. The van der Waals surface area contributed by atoms with Crippen molar-refractivity contribution in [1.82, 2.24) is 0 Å². The molecule has 0 amide bonds. The molecule has 0 aliphatic carbocycles. The van der Waals surface area contributed by atoms with Crippen molar-refractivity contribution < 1.29 is 14.3 Å². The summed E-state index contributed by atoms with van der Waals surface area (Å²) in [4.78, 5) is 11.0. The van der Waals surface area contributed by atoms with E-state index in [-0.39, 0.29) is 0 Å². The molecule has 0 atom stereocenters. The van der Waals surface area contributed by atoms with Gasteiger partial charge in [0, 0.05) is 10.3 Å². The van der Waals surface area contributed by atoms with E-state index in [1.54, 1.807) is 17.4 Å². The Morgan fingerprint density at radius 3 is 2.87 bits per heavy atom. The summed E-state index contributed by atoms with van der Waals surface area (Å²) < 4.78 is 10.6. The first-order valence-corrected chi connectivity index (χ1v) is 5.33. The van der Waals surface area contributed by atoms with Gasteiger partial charge in [-0.2, -0.15) is 0 Å². The molecule has 4 heteroatoms. The number of hydrogen-bond donors (Lipinski definition) is 0. The zero-order valence-corrected chi connectivity index (χ0v) is 9.26. The van der Waals surface area contributed by atoms with Crippen molar-refractivity contribution in [2.45, 2.75) is 6.92 Å². The van der Waals surface area contributed by atoms with E-state index in [0.717, 1.165) is 15.6 Å². The van der Waals surface area contributed by atoms with Crippen LogP contribution in [0.4, 0.5) is 4.79 Å². The predicted molar refractivity (Wildman–Crippen MR) is 59.6 cm³/mol. The number of hydrogen-bond acceptors (Lipinski definition) is 4. The molecule has 0 unspecified atom stereocenters. The summed E-state index contributed by atoms with van der Waals surface area (Å²) in [6.07, 6.45) is -0.686. The molecule has 2 aromatic rings. The van der Waals surface area contributed by atoms with Gasteiger partial charge in [0.05, 0.1) is 7.11 Å². The molecule has 0 radical (unpaired) electrons. The molecule has 3 nitrogen and oxygen atoms in total. The van der Waals surface area contributed by atoms with Gasteiger partial charge in [0.2, 0.25) is 0 Å². The van der Waals surface area contributed by atoms with Crippen LogP contribution in [-0.2, 0) is 4.74 Å². The fraction of sp³-hybridized carbons (Fsp3) is 0.182. The third kappa shape index (κ3) is 1.80. The van der Waals surface area contributed by atoms with Gasteiger partial charge in [0.15, 0.2) is 0 Å². The van der Waals surface area contributed by atoms with Crippen molar-refractivity contribution in [2.75, 3.05) is 7.11 Å². The highest BCUT2D eigenvalue weighted by atomic mass is 32.1. The first-order valence-electron chi connectivity index (χ1n) is 4.45. The van der Waals surface area contributed by atoms with Crippen LogP contribution in [0.5, 0.6) is 5.75 Å². The molecule has 78 valence electrons. The summed E-state index contributed by atoms with van der Waals surface area (Å²) in [5.74, 6) is 0.553. The summed E-state index contributed by atoms with van der Waals surface area (Å²) in [5, 5.41) is 3.18. The highest BCUT2D eigenvalue weighted by Gasteiger charge is 2.09. The monoisotopic (exact) mass is 222 g/mol. The Morgan fingerprint density at radius 2 is 2.13 bits per heavy atom. The van der Waals surface area contributed by atoms with Crippen LogP contribution in [0.25, 0.3) is 10.1 Å². The minimum Gasteiger partial charge on any atom is -0.437 e. The number of carbonyl (C=O) groups is 1. The molecule has 1 aromatic carbocycles. The molecule has 1 aromatic heterocycles. The lowest BCUT2D eigenvalue weighted by Crippen LogP contribution is -2.08. The van der Waals surface area contributed by atoms with E-state index in [1.165, 1.54) is 7.11 Å². The topological polar surface area (TPSA) is 35.5 Å². The Bertz CT molecular complexity index is 502. The number of rotatable bonds is 1. The highest BCUT2D eigenvalue weighted by molar-refractivity contribution is 7.17. The van der Waals surface area contributed by atoms with Gasteiger partial charge in [-0.05, 0) is 35.9 Å². The van der Waals surface area contributed by atoms with Gasteiger partial charge >= 0.3 is 6.16 Å². The molecule has 0 bridgehead atoms. The highest BCUT2D eigenvalue weighted by Crippen LogP contribution is 2.31. The maximum absolute atomic E-state index is 11.0. The van der Waals surface area contributed by atoms with Crippen LogP contribution >= 0.6 is 11.3 Å². The number of aryl methyl sites for hydroxylation is 1. The second kappa shape index (κ2) is 3.90. The zero-order chi connectivity index (χ0) is 10.8. The van der Waals surface area contributed by atoms with Crippen molar-refractivity contribution in [1.29, 1.82) is 0 Å². The van der Waals surface area contributed by atoms with Crippen LogP contribution in [0.1, 0.15) is 5.56 Å². The molecular formula is C11H10O3S. The molecule has 15 heavy (non-hydrogen) atoms. The van der Waals surface area contributed by atoms with E-state index < -0.39 is 6.16 Å². The van der Waals surface area contributed by atoms with E-state index in [1.807, 2.05) is 24.4 Å². The van der Waals surface area contributed by atoms with E-state index in [4.69, 9.17) is 4.74 Å². The fourth-order valence-electron chi connectivity index (χ4n) is 1.40. The minimum absolute atomic E-state index is 0.553. The average molecular weight is 222 g/mol. The van der Waals surface area contributed by atoms with Gasteiger partial charge in [-0.3, -0.25) is 0 Å². The maximum Gasteiger partial charge on any atom is 0.513 e. The zero-order valence-electron chi connectivity index (χ0n) is 8.44. The number of fused-ring (bicyclic) bond motifs is 1. The number of carbonyl (C=O) groups excluding carboxylic acids is 1. The quantitative estimate of drug-likeness (QED) is 0.548. The SMILES string of the molecule is COC(=O)Oc1ccc2ccsc2c1C. The molecule has 0 aliphatic rings. The van der Waals surface area contributed by atoms with Crippen LogP contribution in [0, 0.1) is 6.92 Å². The molecule has 1 heterocycles. The van der Waals surface area contributed by atoms with Crippen LogP contribution in [0.3, 0.4) is 0 Å². The summed E-state index contributed by atoms with van der Waals surface area (Å²) in [7, 11) is 1.29. The van der Waals surface area contributed by atoms with Crippen molar-refractivity contribution >= 4 is 27.6 Å². The van der Waals surface area contributed by atoms with Crippen molar-refractivity contribution in [3.8, 4) is 5.75 Å². The fourth-order valence-corrected chi connectivity index (χ4v) is 2.30. The normalized spacial score (nSPS) is 10.3. The van der Waals surface area contributed by atoms with Gasteiger partial charge in [-0.25, -0.2) is 4.79 Å². The Kier molecular flexibility index (Phi) is 2.60. The van der Waals surface area contributed by atoms with Crippen molar-refractivity contribution in [3.63, 3.8) is 0 Å². The Balaban J connectivity index is 2.43. The molecule has 0 saturated carbocycles. The summed E-state index contributed by atoms with van der Waals surface area (Å²) in [6.45, 7) is 1.93. The molecule has 0 fully saturated rings. The number of benzene rings is 1. The molecule has 0 N–H and O–H groups in total. The number of thiophene rings is 1. The van der Waals surface area contributed by atoms with E-state index in [0.29, 0.717) is 5.75 Å². The Labute approximate surface area is 91.2 Å². The largest absolute Gasteiger partial charge is 0.513 e. The van der Waals surface area contributed by atoms with Crippen molar-refractivity contribution in [3.05, 3.63) is 29.1 Å². The molecule has 0 saturated heterocycles. The predicted octanol–water partition coefficient (Wildman–Crippen LogP) is 3.35. The summed E-state index contributed by atoms with van der Waals surface area (Å²) >= 11 is 1.63. The van der Waals surface area contributed by atoms with Crippen LogP contribution in [0.2, 0.25) is 0 Å². The number of ether oxygens (including phenoxy) is 2. The van der Waals surface area contributed by atoms with Gasteiger partial charge in [-0.1, -0.05) is 0 Å². The van der Waals surface area contributed by atoms with Crippen molar-refractivity contribution in [2.24, 2.45) is 0 Å². The van der Waals surface area contributed by atoms with E-state index >= 15 is 0 Å². The van der Waals surface area contributed by atoms with Crippen LogP contribution in [0.15, 0.2) is 23.6 Å². The first-order chi connectivity index (χ1) is 7.22. The van der Waals surface area contributed by atoms with Gasteiger partial charge in [-0.15, -0.1) is 11.3 Å². The minimum atomic E-state index is -0.686. The van der Waals surface area contributed by atoms with Gasteiger partial charge in [0.25, 0.3) is 0 Å².